The van der Waals surface area contributed by atoms with Crippen molar-refractivity contribution in [2.24, 2.45) is 17.3 Å². The number of rotatable bonds is 6. The van der Waals surface area contributed by atoms with Gasteiger partial charge in [0, 0.05) is 5.92 Å². The summed E-state index contributed by atoms with van der Waals surface area (Å²) in [4.78, 5) is 11.9. The van der Waals surface area contributed by atoms with Crippen LogP contribution in [-0.4, -0.2) is 17.2 Å². The summed E-state index contributed by atoms with van der Waals surface area (Å²) in [5.41, 5.74) is 0.182. The van der Waals surface area contributed by atoms with E-state index in [1.165, 1.54) is 12.8 Å². The molecule has 0 aromatic rings. The van der Waals surface area contributed by atoms with E-state index in [1.54, 1.807) is 0 Å². The number of carbonyl (C=O) groups excluding carboxylic acids is 1. The number of hydrogen-bond donors (Lipinski definition) is 1. The van der Waals surface area contributed by atoms with Gasteiger partial charge in [-0.25, -0.2) is 0 Å². The van der Waals surface area contributed by atoms with Gasteiger partial charge in [0.1, 0.15) is 17.8 Å². The van der Waals surface area contributed by atoms with Gasteiger partial charge in [-0.3, -0.25) is 4.79 Å². The van der Waals surface area contributed by atoms with E-state index in [9.17, 15) is 9.90 Å². The monoisotopic (exact) mass is 280 g/mol. The van der Waals surface area contributed by atoms with Crippen LogP contribution in [0.2, 0.25) is 0 Å². The second-order valence-electron chi connectivity index (χ2n) is 7.15. The molecule has 0 bridgehead atoms. The lowest BCUT2D eigenvalue weighted by Gasteiger charge is -2.23. The third-order valence-corrected chi connectivity index (χ3v) is 4.84. The fourth-order valence-corrected chi connectivity index (χ4v) is 3.48. The molecule has 2 fully saturated rings. The van der Waals surface area contributed by atoms with Crippen LogP contribution in [0.4, 0.5) is 0 Å². The lowest BCUT2D eigenvalue weighted by Crippen LogP contribution is -2.19. The molecule has 0 amide bonds. The van der Waals surface area contributed by atoms with Gasteiger partial charge in [0.2, 0.25) is 0 Å². The first-order chi connectivity index (χ1) is 9.44. The number of hydrogen-bond acceptors (Lipinski definition) is 3. The Morgan fingerprint density at radius 3 is 2.90 bits per heavy atom. The summed E-state index contributed by atoms with van der Waals surface area (Å²) in [5.74, 6) is -0.171. The largest absolute Gasteiger partial charge is 0.512 e. The van der Waals surface area contributed by atoms with Crippen molar-refractivity contribution in [1.82, 2.24) is 0 Å². The molecule has 3 nitrogen and oxygen atoms in total. The highest BCUT2D eigenvalue weighted by atomic mass is 16.6. The summed E-state index contributed by atoms with van der Waals surface area (Å²) in [7, 11) is 0. The van der Waals surface area contributed by atoms with Crippen LogP contribution in [0.15, 0.2) is 11.8 Å². The van der Waals surface area contributed by atoms with Gasteiger partial charge in [0.25, 0.3) is 0 Å². The molecule has 1 N–H and O–H groups in total. The molecule has 3 heteroatoms. The molecular weight excluding hydrogens is 252 g/mol. The molecule has 1 unspecified atom stereocenters. The van der Waals surface area contributed by atoms with Crippen LogP contribution < -0.4 is 0 Å². The highest BCUT2D eigenvalue weighted by Crippen LogP contribution is 2.43. The molecule has 1 heterocycles. The lowest BCUT2D eigenvalue weighted by atomic mass is 9.82. The van der Waals surface area contributed by atoms with E-state index < -0.39 is 5.92 Å². The maximum absolute atomic E-state index is 11.9. The van der Waals surface area contributed by atoms with E-state index in [2.05, 4.69) is 20.8 Å². The number of esters is 1. The van der Waals surface area contributed by atoms with Crippen molar-refractivity contribution in [1.29, 1.82) is 0 Å². The molecule has 1 saturated heterocycles. The van der Waals surface area contributed by atoms with Gasteiger partial charge in [-0.1, -0.05) is 33.6 Å². The SMILES string of the molecule is CCCCC(C)(C)CC=C(O)C1C(=O)O[C@@H]2CCC[C@@H]12. The highest BCUT2D eigenvalue weighted by Gasteiger charge is 2.48. The average Bonchev–Trinajstić information content (AvgIpc) is 2.93. The van der Waals surface area contributed by atoms with Crippen LogP contribution >= 0.6 is 0 Å². The first kappa shape index (κ1) is 15.4. The van der Waals surface area contributed by atoms with Crippen LogP contribution in [0.1, 0.15) is 65.7 Å². The van der Waals surface area contributed by atoms with Gasteiger partial charge in [-0.05, 0) is 43.6 Å². The van der Waals surface area contributed by atoms with E-state index in [1.807, 2.05) is 6.08 Å². The predicted molar refractivity (Wildman–Crippen MR) is 79.3 cm³/mol. The fourth-order valence-electron chi connectivity index (χ4n) is 3.48. The van der Waals surface area contributed by atoms with E-state index in [0.29, 0.717) is 0 Å². The fraction of sp³-hybridized carbons (Fsp3) is 0.824. The van der Waals surface area contributed by atoms with Crippen LogP contribution in [0.5, 0.6) is 0 Å². The summed E-state index contributed by atoms with van der Waals surface area (Å²) in [6.07, 6.45) is 9.34. The topological polar surface area (TPSA) is 46.5 Å². The molecule has 3 atom stereocenters. The second kappa shape index (κ2) is 6.19. The predicted octanol–water partition coefficient (Wildman–Crippen LogP) is 4.38. The zero-order chi connectivity index (χ0) is 14.8. The molecule has 2 rings (SSSR count). The van der Waals surface area contributed by atoms with E-state index in [0.717, 1.165) is 32.1 Å². The quantitative estimate of drug-likeness (QED) is 0.580. The summed E-state index contributed by atoms with van der Waals surface area (Å²) in [6.45, 7) is 6.63. The van der Waals surface area contributed by atoms with Crippen LogP contribution in [0.3, 0.4) is 0 Å². The minimum atomic E-state index is -0.399. The summed E-state index contributed by atoms with van der Waals surface area (Å²) >= 11 is 0. The van der Waals surface area contributed by atoms with Gasteiger partial charge in [-0.2, -0.15) is 0 Å². The second-order valence-corrected chi connectivity index (χ2v) is 7.15. The van der Waals surface area contributed by atoms with Crippen molar-refractivity contribution in [3.05, 3.63) is 11.8 Å². The molecule has 20 heavy (non-hydrogen) atoms. The Kier molecular flexibility index (Phi) is 4.77. The summed E-state index contributed by atoms with van der Waals surface area (Å²) in [5, 5.41) is 10.3. The number of fused-ring (bicyclic) bond motifs is 1. The number of aliphatic hydroxyl groups is 1. The standard InChI is InChI=1S/C17H28O3/c1-4-5-10-17(2,3)11-9-13(18)15-12-7-6-8-14(12)20-16(15)19/h9,12,14-15,18H,4-8,10-11H2,1-3H3/t12-,14-,15?/m1/s1. The average molecular weight is 280 g/mol. The van der Waals surface area contributed by atoms with E-state index in [-0.39, 0.29) is 29.2 Å². The minimum absolute atomic E-state index is 0.0520. The number of aliphatic hydroxyl groups excluding tert-OH is 1. The van der Waals surface area contributed by atoms with Crippen molar-refractivity contribution in [3.63, 3.8) is 0 Å². The zero-order valence-corrected chi connectivity index (χ0v) is 13.0. The van der Waals surface area contributed by atoms with E-state index >= 15 is 0 Å². The van der Waals surface area contributed by atoms with Gasteiger partial charge < -0.3 is 9.84 Å². The number of carbonyl (C=O) groups is 1. The molecule has 2 aliphatic rings. The summed E-state index contributed by atoms with van der Waals surface area (Å²) in [6, 6.07) is 0. The minimum Gasteiger partial charge on any atom is -0.512 e. The highest BCUT2D eigenvalue weighted by molar-refractivity contribution is 5.78. The molecule has 1 aliphatic carbocycles. The number of ether oxygens (including phenoxy) is 1. The Hall–Kier alpha value is -0.990. The normalized spacial score (nSPS) is 30.4. The Morgan fingerprint density at radius 1 is 1.45 bits per heavy atom. The molecule has 0 radical (unpaired) electrons. The van der Waals surface area contributed by atoms with Crippen molar-refractivity contribution < 1.29 is 14.6 Å². The maximum atomic E-state index is 11.9. The van der Waals surface area contributed by atoms with Crippen molar-refractivity contribution >= 4 is 5.97 Å². The van der Waals surface area contributed by atoms with Crippen molar-refractivity contribution in [2.75, 3.05) is 0 Å². The molecule has 1 aliphatic heterocycles. The van der Waals surface area contributed by atoms with Crippen LogP contribution in [-0.2, 0) is 9.53 Å². The van der Waals surface area contributed by atoms with Crippen molar-refractivity contribution in [2.45, 2.75) is 71.8 Å². The third kappa shape index (κ3) is 3.36. The maximum Gasteiger partial charge on any atom is 0.317 e. The Labute approximate surface area is 122 Å². The van der Waals surface area contributed by atoms with Gasteiger partial charge in [-0.15, -0.1) is 0 Å². The number of unbranched alkanes of at least 4 members (excludes halogenated alkanes) is 1. The Morgan fingerprint density at radius 2 is 2.20 bits per heavy atom. The number of allylic oxidation sites excluding steroid dienone is 1. The van der Waals surface area contributed by atoms with E-state index in [4.69, 9.17) is 4.74 Å². The van der Waals surface area contributed by atoms with Gasteiger partial charge in [0.05, 0.1) is 0 Å². The lowest BCUT2D eigenvalue weighted by molar-refractivity contribution is -0.144. The molecule has 114 valence electrons. The smallest absolute Gasteiger partial charge is 0.317 e. The molecule has 0 aromatic heterocycles. The molecule has 0 spiro atoms. The van der Waals surface area contributed by atoms with Gasteiger partial charge in [0.15, 0.2) is 0 Å². The summed E-state index contributed by atoms with van der Waals surface area (Å²) < 4.78 is 5.38. The van der Waals surface area contributed by atoms with Crippen LogP contribution in [0, 0.1) is 17.3 Å². The third-order valence-electron chi connectivity index (χ3n) is 4.84. The Balaban J connectivity index is 1.97. The Bertz CT molecular complexity index is 384. The zero-order valence-electron chi connectivity index (χ0n) is 13.0. The first-order valence-corrected chi connectivity index (χ1v) is 8.04. The molecular formula is C17H28O3. The van der Waals surface area contributed by atoms with Crippen molar-refractivity contribution in [3.8, 4) is 0 Å². The first-order valence-electron chi connectivity index (χ1n) is 8.04. The van der Waals surface area contributed by atoms with Crippen LogP contribution in [0.25, 0.3) is 0 Å². The molecule has 0 aromatic carbocycles. The molecule has 1 saturated carbocycles. The van der Waals surface area contributed by atoms with Gasteiger partial charge >= 0.3 is 5.97 Å².